The fraction of sp³-hybridized carbons (Fsp3) is 0.294. The summed E-state index contributed by atoms with van der Waals surface area (Å²) in [5, 5.41) is 6.57. The molecule has 0 bridgehead atoms. The van der Waals surface area contributed by atoms with Gasteiger partial charge >= 0.3 is 0 Å². The van der Waals surface area contributed by atoms with Crippen LogP contribution in [0, 0.1) is 13.8 Å². The van der Waals surface area contributed by atoms with Crippen LogP contribution in [0.5, 0.6) is 0 Å². The molecule has 1 aromatic carbocycles. The summed E-state index contributed by atoms with van der Waals surface area (Å²) in [7, 11) is 1.77. The summed E-state index contributed by atoms with van der Waals surface area (Å²) in [5.74, 6) is 0.777. The zero-order chi connectivity index (χ0) is 15.1. The highest BCUT2D eigenvalue weighted by Crippen LogP contribution is 2.02. The molecule has 0 saturated heterocycles. The predicted octanol–water partition coefficient (Wildman–Crippen LogP) is 2.56. The van der Waals surface area contributed by atoms with Crippen molar-refractivity contribution >= 4 is 5.96 Å². The molecule has 4 heteroatoms. The Morgan fingerprint density at radius 1 is 1.00 bits per heavy atom. The van der Waals surface area contributed by atoms with Crippen molar-refractivity contribution in [2.45, 2.75) is 26.9 Å². The summed E-state index contributed by atoms with van der Waals surface area (Å²) in [6.45, 7) is 5.50. The van der Waals surface area contributed by atoms with E-state index in [9.17, 15) is 0 Å². The first-order valence-corrected chi connectivity index (χ1v) is 7.10. The molecule has 0 aliphatic heterocycles. The zero-order valence-corrected chi connectivity index (χ0v) is 12.9. The van der Waals surface area contributed by atoms with Crippen LogP contribution in [-0.4, -0.2) is 18.0 Å². The van der Waals surface area contributed by atoms with Gasteiger partial charge in [-0.3, -0.25) is 9.98 Å². The summed E-state index contributed by atoms with van der Waals surface area (Å²) >= 11 is 0. The highest BCUT2D eigenvalue weighted by molar-refractivity contribution is 5.79. The van der Waals surface area contributed by atoms with E-state index in [1.165, 1.54) is 11.1 Å². The van der Waals surface area contributed by atoms with Crippen molar-refractivity contribution in [2.24, 2.45) is 4.99 Å². The van der Waals surface area contributed by atoms with Gasteiger partial charge in [0.05, 0.1) is 12.2 Å². The third kappa shape index (κ3) is 4.91. The van der Waals surface area contributed by atoms with Crippen molar-refractivity contribution in [3.63, 3.8) is 0 Å². The lowest BCUT2D eigenvalue weighted by molar-refractivity contribution is 0.791. The van der Waals surface area contributed by atoms with E-state index in [1.807, 2.05) is 25.1 Å². The summed E-state index contributed by atoms with van der Waals surface area (Å²) in [5.41, 5.74) is 4.54. The van der Waals surface area contributed by atoms with E-state index in [2.05, 4.69) is 51.8 Å². The maximum atomic E-state index is 4.46. The summed E-state index contributed by atoms with van der Waals surface area (Å²) < 4.78 is 0. The number of benzene rings is 1. The fourth-order valence-electron chi connectivity index (χ4n) is 1.98. The molecule has 21 heavy (non-hydrogen) atoms. The number of nitrogens with one attached hydrogen (secondary N) is 2. The molecule has 0 fully saturated rings. The minimum atomic E-state index is 0.662. The lowest BCUT2D eigenvalue weighted by Crippen LogP contribution is -2.36. The van der Waals surface area contributed by atoms with Crippen LogP contribution in [0.25, 0.3) is 0 Å². The van der Waals surface area contributed by atoms with Gasteiger partial charge < -0.3 is 10.6 Å². The van der Waals surface area contributed by atoms with Gasteiger partial charge in [0.1, 0.15) is 0 Å². The number of pyridine rings is 1. The molecule has 1 aromatic heterocycles. The number of nitrogens with zero attached hydrogens (tertiary/aromatic N) is 2. The van der Waals surface area contributed by atoms with Crippen LogP contribution < -0.4 is 10.6 Å². The van der Waals surface area contributed by atoms with Gasteiger partial charge in [-0.05, 0) is 31.5 Å². The van der Waals surface area contributed by atoms with Crippen LogP contribution in [0.3, 0.4) is 0 Å². The number of hydrogen-bond donors (Lipinski definition) is 2. The average molecular weight is 282 g/mol. The van der Waals surface area contributed by atoms with Gasteiger partial charge in [-0.1, -0.05) is 35.9 Å². The molecule has 2 N–H and O–H groups in total. The summed E-state index contributed by atoms with van der Waals surface area (Å²) in [4.78, 5) is 8.69. The minimum Gasteiger partial charge on any atom is -0.352 e. The van der Waals surface area contributed by atoms with E-state index in [4.69, 9.17) is 0 Å². The van der Waals surface area contributed by atoms with Gasteiger partial charge in [-0.2, -0.15) is 0 Å². The first-order chi connectivity index (χ1) is 10.2. The average Bonchev–Trinajstić information content (AvgIpc) is 2.49. The van der Waals surface area contributed by atoms with Gasteiger partial charge in [0, 0.05) is 19.3 Å². The van der Waals surface area contributed by atoms with Crippen LogP contribution in [0.2, 0.25) is 0 Å². The largest absolute Gasteiger partial charge is 0.352 e. The van der Waals surface area contributed by atoms with Crippen LogP contribution in [0.4, 0.5) is 0 Å². The Kier molecular flexibility index (Phi) is 5.32. The van der Waals surface area contributed by atoms with Crippen LogP contribution in [-0.2, 0) is 13.1 Å². The van der Waals surface area contributed by atoms with E-state index in [1.54, 1.807) is 7.05 Å². The maximum Gasteiger partial charge on any atom is 0.191 e. The molecule has 0 amide bonds. The topological polar surface area (TPSA) is 49.3 Å². The lowest BCUT2D eigenvalue weighted by atomic mass is 10.1. The smallest absolute Gasteiger partial charge is 0.191 e. The van der Waals surface area contributed by atoms with Crippen molar-refractivity contribution in [1.29, 1.82) is 0 Å². The molecule has 0 spiro atoms. The second-order valence-corrected chi connectivity index (χ2v) is 5.04. The number of hydrogen-bond acceptors (Lipinski definition) is 2. The molecular weight excluding hydrogens is 260 g/mol. The highest BCUT2D eigenvalue weighted by atomic mass is 15.2. The summed E-state index contributed by atoms with van der Waals surface area (Å²) in [6.07, 6.45) is 0. The number of guanidine groups is 1. The third-order valence-corrected chi connectivity index (χ3v) is 3.19. The predicted molar refractivity (Wildman–Crippen MR) is 87.2 cm³/mol. The van der Waals surface area contributed by atoms with E-state index < -0.39 is 0 Å². The molecule has 2 aromatic rings. The van der Waals surface area contributed by atoms with Gasteiger partial charge in [0.15, 0.2) is 5.96 Å². The molecule has 0 saturated carbocycles. The molecule has 110 valence electrons. The van der Waals surface area contributed by atoms with E-state index in [0.717, 1.165) is 23.9 Å². The number of aliphatic imine (C=N–C) groups is 1. The molecule has 4 nitrogen and oxygen atoms in total. The zero-order valence-electron chi connectivity index (χ0n) is 12.9. The van der Waals surface area contributed by atoms with Gasteiger partial charge in [0.2, 0.25) is 0 Å². The van der Waals surface area contributed by atoms with Crippen LogP contribution >= 0.6 is 0 Å². The minimum absolute atomic E-state index is 0.662. The first-order valence-electron chi connectivity index (χ1n) is 7.10. The standard InChI is InChI=1S/C17H22N4/c1-13-7-9-15(10-8-13)11-19-17(18-3)20-12-16-6-4-5-14(2)21-16/h4-10H,11-12H2,1-3H3,(H2,18,19,20). The molecule has 0 aliphatic carbocycles. The molecule has 0 atom stereocenters. The van der Waals surface area contributed by atoms with Crippen molar-refractivity contribution in [3.8, 4) is 0 Å². The Labute approximate surface area is 126 Å². The molecule has 0 radical (unpaired) electrons. The highest BCUT2D eigenvalue weighted by Gasteiger charge is 2.00. The number of aromatic nitrogens is 1. The first kappa shape index (κ1) is 15.0. The summed E-state index contributed by atoms with van der Waals surface area (Å²) in [6, 6.07) is 14.5. The molecule has 0 unspecified atom stereocenters. The van der Waals surface area contributed by atoms with E-state index in [0.29, 0.717) is 6.54 Å². The number of rotatable bonds is 4. The Hall–Kier alpha value is -2.36. The van der Waals surface area contributed by atoms with E-state index in [-0.39, 0.29) is 0 Å². The van der Waals surface area contributed by atoms with E-state index >= 15 is 0 Å². The van der Waals surface area contributed by atoms with Crippen molar-refractivity contribution in [3.05, 3.63) is 65.0 Å². The Morgan fingerprint density at radius 3 is 2.38 bits per heavy atom. The van der Waals surface area contributed by atoms with Gasteiger partial charge in [-0.15, -0.1) is 0 Å². The fourth-order valence-corrected chi connectivity index (χ4v) is 1.98. The molecule has 2 rings (SSSR count). The number of aryl methyl sites for hydroxylation is 2. The molecule has 1 heterocycles. The molecule has 0 aliphatic rings. The quantitative estimate of drug-likeness (QED) is 0.669. The monoisotopic (exact) mass is 282 g/mol. The Morgan fingerprint density at radius 2 is 1.71 bits per heavy atom. The van der Waals surface area contributed by atoms with Crippen LogP contribution in [0.1, 0.15) is 22.5 Å². The second-order valence-electron chi connectivity index (χ2n) is 5.04. The SMILES string of the molecule is CN=C(NCc1ccc(C)cc1)NCc1cccc(C)n1. The van der Waals surface area contributed by atoms with Crippen molar-refractivity contribution < 1.29 is 0 Å². The Balaban J connectivity index is 1.85. The van der Waals surface area contributed by atoms with Crippen LogP contribution in [0.15, 0.2) is 47.5 Å². The Bertz CT molecular complexity index is 602. The maximum absolute atomic E-state index is 4.46. The second kappa shape index (κ2) is 7.43. The molecular formula is C17H22N4. The lowest BCUT2D eigenvalue weighted by Gasteiger charge is -2.12. The third-order valence-electron chi connectivity index (χ3n) is 3.19. The normalized spacial score (nSPS) is 11.3. The van der Waals surface area contributed by atoms with Crippen molar-refractivity contribution in [2.75, 3.05) is 7.05 Å². The van der Waals surface area contributed by atoms with Gasteiger partial charge in [0.25, 0.3) is 0 Å². The van der Waals surface area contributed by atoms with Gasteiger partial charge in [-0.25, -0.2) is 0 Å². The van der Waals surface area contributed by atoms with Crippen molar-refractivity contribution in [1.82, 2.24) is 15.6 Å².